The van der Waals surface area contributed by atoms with Crippen molar-refractivity contribution in [3.63, 3.8) is 0 Å². The summed E-state index contributed by atoms with van der Waals surface area (Å²) in [6, 6.07) is 9.26. The number of cyclic esters (lactones) is 1. The number of hydrogen-bond donors (Lipinski definition) is 1. The maximum absolute atomic E-state index is 12.1. The van der Waals surface area contributed by atoms with Crippen LogP contribution in [0.15, 0.2) is 56.4 Å². The summed E-state index contributed by atoms with van der Waals surface area (Å²) >= 11 is 0. The number of sulfonamides is 1. The second kappa shape index (κ2) is 6.89. The highest BCUT2D eigenvalue weighted by atomic mass is 32.2. The van der Waals surface area contributed by atoms with Crippen LogP contribution in [0, 0.1) is 6.92 Å². The predicted octanol–water partition coefficient (Wildman–Crippen LogP) is 2.62. The fraction of sp³-hybridized carbons (Fsp3) is 0.222. The van der Waals surface area contributed by atoms with Crippen LogP contribution in [-0.2, 0) is 19.6 Å². The van der Waals surface area contributed by atoms with Gasteiger partial charge in [-0.3, -0.25) is 0 Å². The smallest absolute Gasteiger partial charge is 0.363 e. The first-order chi connectivity index (χ1) is 12.2. The molecule has 8 heteroatoms. The number of nitrogens with one attached hydrogen (secondary N) is 1. The van der Waals surface area contributed by atoms with Crippen molar-refractivity contribution >= 4 is 28.0 Å². The SMILES string of the molecule is Cc1ccc(/C=C2/N=C(c3ccc(S(=O)(=O)NC(C)C)cc3)OC2=O)o1. The third-order valence-corrected chi connectivity index (χ3v) is 5.14. The van der Waals surface area contributed by atoms with Crippen LogP contribution in [-0.4, -0.2) is 26.3 Å². The summed E-state index contributed by atoms with van der Waals surface area (Å²) in [5.41, 5.74) is 0.619. The van der Waals surface area contributed by atoms with Gasteiger partial charge in [-0.15, -0.1) is 0 Å². The Bertz CT molecular complexity index is 998. The maximum atomic E-state index is 12.1. The fourth-order valence-electron chi connectivity index (χ4n) is 2.35. The van der Waals surface area contributed by atoms with Crippen molar-refractivity contribution in [3.8, 4) is 0 Å². The van der Waals surface area contributed by atoms with Gasteiger partial charge in [0.1, 0.15) is 11.5 Å². The molecule has 2 heterocycles. The Hall–Kier alpha value is -2.71. The minimum absolute atomic E-state index is 0.116. The van der Waals surface area contributed by atoms with Gasteiger partial charge in [-0.2, -0.15) is 0 Å². The van der Waals surface area contributed by atoms with E-state index in [1.165, 1.54) is 18.2 Å². The van der Waals surface area contributed by atoms with E-state index >= 15 is 0 Å². The molecule has 0 atom stereocenters. The van der Waals surface area contributed by atoms with Gasteiger partial charge in [0.15, 0.2) is 5.70 Å². The summed E-state index contributed by atoms with van der Waals surface area (Å²) < 4.78 is 37.3. The molecule has 0 aliphatic carbocycles. The molecule has 26 heavy (non-hydrogen) atoms. The zero-order chi connectivity index (χ0) is 18.9. The van der Waals surface area contributed by atoms with E-state index in [2.05, 4.69) is 9.71 Å². The Morgan fingerprint density at radius 1 is 1.12 bits per heavy atom. The number of ether oxygens (including phenoxy) is 1. The number of rotatable bonds is 5. The summed E-state index contributed by atoms with van der Waals surface area (Å²) in [5.74, 6) is 0.748. The van der Waals surface area contributed by atoms with Gasteiger partial charge in [-0.1, -0.05) is 0 Å². The van der Waals surface area contributed by atoms with Crippen LogP contribution < -0.4 is 4.72 Å². The number of esters is 1. The van der Waals surface area contributed by atoms with Gasteiger partial charge in [0, 0.05) is 17.7 Å². The summed E-state index contributed by atoms with van der Waals surface area (Å²) in [5, 5.41) is 0. The third-order valence-electron chi connectivity index (χ3n) is 3.46. The molecule has 3 rings (SSSR count). The van der Waals surface area contributed by atoms with Gasteiger partial charge in [-0.05, 0) is 57.2 Å². The monoisotopic (exact) mass is 374 g/mol. The Kier molecular flexibility index (Phi) is 4.80. The normalized spacial score (nSPS) is 16.2. The molecule has 1 aliphatic rings. The highest BCUT2D eigenvalue weighted by Gasteiger charge is 2.25. The summed E-state index contributed by atoms with van der Waals surface area (Å²) in [4.78, 5) is 16.3. The molecule has 136 valence electrons. The van der Waals surface area contributed by atoms with Crippen molar-refractivity contribution in [1.29, 1.82) is 0 Å². The van der Waals surface area contributed by atoms with E-state index in [0.29, 0.717) is 11.3 Å². The lowest BCUT2D eigenvalue weighted by atomic mass is 10.2. The van der Waals surface area contributed by atoms with E-state index in [4.69, 9.17) is 9.15 Å². The van der Waals surface area contributed by atoms with Crippen molar-refractivity contribution in [2.24, 2.45) is 4.99 Å². The first-order valence-corrected chi connectivity index (χ1v) is 9.45. The van der Waals surface area contributed by atoms with Gasteiger partial charge >= 0.3 is 5.97 Å². The van der Waals surface area contributed by atoms with Crippen LogP contribution in [0.4, 0.5) is 0 Å². The zero-order valence-electron chi connectivity index (χ0n) is 14.5. The average molecular weight is 374 g/mol. The molecule has 0 saturated heterocycles. The second-order valence-electron chi connectivity index (χ2n) is 6.08. The number of nitrogens with zero attached hydrogens (tertiary/aromatic N) is 1. The van der Waals surface area contributed by atoms with E-state index < -0.39 is 16.0 Å². The van der Waals surface area contributed by atoms with Gasteiger partial charge in [0.05, 0.1) is 4.90 Å². The molecule has 0 bridgehead atoms. The fourth-order valence-corrected chi connectivity index (χ4v) is 3.60. The second-order valence-corrected chi connectivity index (χ2v) is 7.80. The topological polar surface area (TPSA) is 98.0 Å². The number of aliphatic imine (C=N–C) groups is 1. The van der Waals surface area contributed by atoms with Gasteiger partial charge < -0.3 is 9.15 Å². The molecule has 0 saturated carbocycles. The minimum atomic E-state index is -3.58. The van der Waals surface area contributed by atoms with Crippen molar-refractivity contribution < 1.29 is 22.4 Å². The van der Waals surface area contributed by atoms with E-state index in [-0.39, 0.29) is 22.5 Å². The van der Waals surface area contributed by atoms with Crippen molar-refractivity contribution in [2.75, 3.05) is 0 Å². The Labute approximate surface area is 151 Å². The quantitative estimate of drug-likeness (QED) is 0.641. The largest absolute Gasteiger partial charge is 0.462 e. The minimum Gasteiger partial charge on any atom is -0.462 e. The third kappa shape index (κ3) is 3.92. The maximum Gasteiger partial charge on any atom is 0.363 e. The standard InChI is InChI=1S/C18H18N2O5S/c1-11(2)20-26(22,23)15-8-5-13(6-9-15)17-19-16(18(21)25-17)10-14-7-4-12(3)24-14/h4-11,20H,1-3H3/b16-10+. The highest BCUT2D eigenvalue weighted by molar-refractivity contribution is 7.89. The van der Waals surface area contributed by atoms with E-state index in [9.17, 15) is 13.2 Å². The molecule has 1 N–H and O–H groups in total. The van der Waals surface area contributed by atoms with Crippen LogP contribution in [0.25, 0.3) is 6.08 Å². The lowest BCUT2D eigenvalue weighted by molar-refractivity contribution is -0.129. The van der Waals surface area contributed by atoms with Gasteiger partial charge in [-0.25, -0.2) is 22.9 Å². The molecule has 0 spiro atoms. The highest BCUT2D eigenvalue weighted by Crippen LogP contribution is 2.21. The molecule has 1 aromatic heterocycles. The molecule has 1 aliphatic heterocycles. The van der Waals surface area contributed by atoms with Crippen LogP contribution in [0.5, 0.6) is 0 Å². The van der Waals surface area contributed by atoms with Crippen LogP contribution in [0.1, 0.15) is 30.9 Å². The molecule has 7 nitrogen and oxygen atoms in total. The molecule has 0 unspecified atom stereocenters. The van der Waals surface area contributed by atoms with Crippen LogP contribution >= 0.6 is 0 Å². The molecular formula is C18H18N2O5S. The number of carbonyl (C=O) groups is 1. The predicted molar refractivity (Wildman–Crippen MR) is 96.0 cm³/mol. The number of aryl methyl sites for hydroxylation is 1. The van der Waals surface area contributed by atoms with E-state index in [0.717, 1.165) is 5.76 Å². The molecule has 0 radical (unpaired) electrons. The number of benzene rings is 1. The van der Waals surface area contributed by atoms with E-state index in [1.54, 1.807) is 45.0 Å². The number of hydrogen-bond acceptors (Lipinski definition) is 6. The van der Waals surface area contributed by atoms with Crippen LogP contribution in [0.2, 0.25) is 0 Å². The van der Waals surface area contributed by atoms with Crippen molar-refractivity contribution in [2.45, 2.75) is 31.7 Å². The molecule has 0 amide bonds. The Balaban J connectivity index is 1.85. The van der Waals surface area contributed by atoms with E-state index in [1.807, 2.05) is 0 Å². The zero-order valence-corrected chi connectivity index (χ0v) is 15.3. The lowest BCUT2D eigenvalue weighted by Crippen LogP contribution is -2.30. The molecule has 2 aromatic rings. The Morgan fingerprint density at radius 2 is 1.81 bits per heavy atom. The first-order valence-electron chi connectivity index (χ1n) is 7.96. The summed E-state index contributed by atoms with van der Waals surface area (Å²) in [6.07, 6.45) is 1.49. The number of furan rings is 1. The van der Waals surface area contributed by atoms with Crippen LogP contribution in [0.3, 0.4) is 0 Å². The molecule has 0 fully saturated rings. The van der Waals surface area contributed by atoms with Gasteiger partial charge in [0.2, 0.25) is 15.9 Å². The van der Waals surface area contributed by atoms with Crippen molar-refractivity contribution in [3.05, 3.63) is 59.2 Å². The Morgan fingerprint density at radius 3 is 2.38 bits per heavy atom. The number of carbonyl (C=O) groups excluding carboxylic acids is 1. The molecule has 1 aromatic carbocycles. The average Bonchev–Trinajstić information content (AvgIpc) is 3.13. The molecular weight excluding hydrogens is 356 g/mol. The lowest BCUT2D eigenvalue weighted by Gasteiger charge is -2.09. The van der Waals surface area contributed by atoms with Gasteiger partial charge in [0.25, 0.3) is 0 Å². The van der Waals surface area contributed by atoms with Crippen molar-refractivity contribution in [1.82, 2.24) is 4.72 Å². The first kappa shape index (κ1) is 18.1. The summed E-state index contributed by atoms with van der Waals surface area (Å²) in [6.45, 7) is 5.29. The summed E-state index contributed by atoms with van der Waals surface area (Å²) in [7, 11) is -3.58.